The standard InChI is InChI=1S/C71H126O6/c1-4-7-10-13-15-17-19-21-23-25-27-28-29-30-31-32-33-34-35-36-37-38-39-40-41-42-44-45-47-49-51-53-55-58-61-64-70(73)76-67-68(66-75-69(72)63-60-57-12-9-6-3)77-71(74)65-62-59-56-54-52-50-48-46-43-26-24-22-20-18-16-14-11-8-5-2/h7,10,15,17,21,23,27-28,30-31,33-34,68H,4-6,8-9,11-14,16,18-20,22,24-26,29,32,35-67H2,1-3H3/b10-7-,17-15-,23-21-,28-27-,31-30-,34-33-. The Morgan fingerprint density at radius 2 is 0.506 bits per heavy atom. The highest BCUT2D eigenvalue weighted by atomic mass is 16.6. The maximum Gasteiger partial charge on any atom is 0.306 e. The molecule has 1 unspecified atom stereocenters. The molecule has 0 saturated heterocycles. The second-order valence-corrected chi connectivity index (χ2v) is 22.4. The van der Waals surface area contributed by atoms with E-state index in [1.165, 1.54) is 199 Å². The van der Waals surface area contributed by atoms with E-state index in [9.17, 15) is 14.4 Å². The van der Waals surface area contributed by atoms with Crippen molar-refractivity contribution in [2.75, 3.05) is 13.2 Å². The largest absolute Gasteiger partial charge is 0.462 e. The lowest BCUT2D eigenvalue weighted by atomic mass is 10.0. The number of hydrogen-bond acceptors (Lipinski definition) is 6. The number of carbonyl (C=O) groups is 3. The van der Waals surface area contributed by atoms with Crippen molar-refractivity contribution in [1.29, 1.82) is 0 Å². The van der Waals surface area contributed by atoms with Gasteiger partial charge in [-0.1, -0.05) is 325 Å². The molecule has 0 aromatic heterocycles. The smallest absolute Gasteiger partial charge is 0.306 e. The quantitative estimate of drug-likeness (QED) is 0.0261. The van der Waals surface area contributed by atoms with Gasteiger partial charge in [-0.3, -0.25) is 14.4 Å². The summed E-state index contributed by atoms with van der Waals surface area (Å²) in [7, 11) is 0. The van der Waals surface area contributed by atoms with Gasteiger partial charge in [-0.15, -0.1) is 0 Å². The van der Waals surface area contributed by atoms with Crippen LogP contribution in [0.5, 0.6) is 0 Å². The Morgan fingerprint density at radius 3 is 0.792 bits per heavy atom. The zero-order valence-electron chi connectivity index (χ0n) is 51.2. The Labute approximate surface area is 478 Å². The number of esters is 3. The van der Waals surface area contributed by atoms with Crippen LogP contribution in [-0.4, -0.2) is 37.2 Å². The van der Waals surface area contributed by atoms with Gasteiger partial charge in [0.2, 0.25) is 0 Å². The zero-order valence-corrected chi connectivity index (χ0v) is 51.2. The third-order valence-corrected chi connectivity index (χ3v) is 14.7. The zero-order chi connectivity index (χ0) is 55.7. The van der Waals surface area contributed by atoms with Gasteiger partial charge < -0.3 is 14.2 Å². The number of allylic oxidation sites excluding steroid dienone is 12. The van der Waals surface area contributed by atoms with Crippen LogP contribution >= 0.6 is 0 Å². The van der Waals surface area contributed by atoms with Gasteiger partial charge in [-0.05, 0) is 70.6 Å². The molecule has 0 spiro atoms. The Hall–Kier alpha value is -3.15. The van der Waals surface area contributed by atoms with E-state index in [4.69, 9.17) is 14.2 Å². The van der Waals surface area contributed by atoms with E-state index < -0.39 is 6.10 Å². The van der Waals surface area contributed by atoms with Crippen molar-refractivity contribution in [1.82, 2.24) is 0 Å². The third kappa shape index (κ3) is 63.6. The van der Waals surface area contributed by atoms with Gasteiger partial charge in [-0.2, -0.15) is 0 Å². The minimum absolute atomic E-state index is 0.0696. The summed E-state index contributed by atoms with van der Waals surface area (Å²) in [6, 6.07) is 0. The van der Waals surface area contributed by atoms with Gasteiger partial charge in [-0.25, -0.2) is 0 Å². The Kier molecular flexibility index (Phi) is 62.7. The minimum Gasteiger partial charge on any atom is -0.462 e. The molecule has 0 heterocycles. The molecular formula is C71H126O6. The molecule has 0 aliphatic carbocycles. The molecule has 0 N–H and O–H groups in total. The van der Waals surface area contributed by atoms with Crippen molar-refractivity contribution in [3.05, 3.63) is 72.9 Å². The molecule has 0 aromatic carbocycles. The number of hydrogen-bond donors (Lipinski definition) is 0. The highest BCUT2D eigenvalue weighted by Crippen LogP contribution is 2.18. The summed E-state index contributed by atoms with van der Waals surface area (Å²) in [5.74, 6) is -0.865. The van der Waals surface area contributed by atoms with Crippen LogP contribution < -0.4 is 0 Å². The first-order chi connectivity index (χ1) is 38.0. The van der Waals surface area contributed by atoms with Crippen LogP contribution in [0.4, 0.5) is 0 Å². The molecule has 0 bridgehead atoms. The van der Waals surface area contributed by atoms with E-state index in [-0.39, 0.29) is 31.1 Å². The van der Waals surface area contributed by atoms with Crippen molar-refractivity contribution < 1.29 is 28.6 Å². The summed E-state index contributed by atoms with van der Waals surface area (Å²) < 4.78 is 16.8. The summed E-state index contributed by atoms with van der Waals surface area (Å²) in [5.41, 5.74) is 0. The fourth-order valence-electron chi connectivity index (χ4n) is 9.74. The molecule has 0 rings (SSSR count). The molecule has 0 aliphatic rings. The maximum absolute atomic E-state index is 12.8. The fraction of sp³-hybridized carbons (Fsp3) is 0.789. The molecule has 0 amide bonds. The summed E-state index contributed by atoms with van der Waals surface area (Å²) in [6.45, 7) is 6.49. The van der Waals surface area contributed by atoms with Gasteiger partial charge >= 0.3 is 17.9 Å². The van der Waals surface area contributed by atoms with Crippen molar-refractivity contribution in [2.45, 2.75) is 348 Å². The molecule has 6 heteroatoms. The summed E-state index contributed by atoms with van der Waals surface area (Å²) in [5, 5.41) is 0. The maximum atomic E-state index is 12.8. The van der Waals surface area contributed by atoms with Crippen molar-refractivity contribution >= 4 is 17.9 Å². The topological polar surface area (TPSA) is 78.9 Å². The SMILES string of the molecule is CC/C=C\C/C=C\C/C=C\C/C=C\C/C=C\C/C=C\CCCCCCCCCCCCCCCCCCC(=O)OCC(COC(=O)CCCCCCC)OC(=O)CCCCCCCCCCCCCCCCCCCCC. The van der Waals surface area contributed by atoms with Crippen molar-refractivity contribution in [3.63, 3.8) is 0 Å². The minimum atomic E-state index is -0.767. The van der Waals surface area contributed by atoms with Crippen LogP contribution in [0.15, 0.2) is 72.9 Å². The van der Waals surface area contributed by atoms with Gasteiger partial charge in [0.25, 0.3) is 0 Å². The van der Waals surface area contributed by atoms with Crippen LogP contribution in [-0.2, 0) is 28.6 Å². The molecule has 0 aromatic rings. The third-order valence-electron chi connectivity index (χ3n) is 14.7. The monoisotopic (exact) mass is 1070 g/mol. The van der Waals surface area contributed by atoms with E-state index in [0.29, 0.717) is 19.3 Å². The average molecular weight is 1080 g/mol. The Balaban J connectivity index is 3.93. The molecule has 77 heavy (non-hydrogen) atoms. The first-order valence-electron chi connectivity index (χ1n) is 33.4. The van der Waals surface area contributed by atoms with E-state index in [2.05, 4.69) is 93.7 Å². The lowest BCUT2D eigenvalue weighted by Crippen LogP contribution is -2.30. The van der Waals surface area contributed by atoms with Crippen LogP contribution in [0, 0.1) is 0 Å². The molecular weight excluding hydrogens is 949 g/mol. The fourth-order valence-corrected chi connectivity index (χ4v) is 9.74. The summed E-state index contributed by atoms with van der Waals surface area (Å²) >= 11 is 0. The number of carbonyl (C=O) groups excluding carboxylic acids is 3. The van der Waals surface area contributed by atoms with Gasteiger partial charge in [0, 0.05) is 19.3 Å². The van der Waals surface area contributed by atoms with Crippen LogP contribution in [0.2, 0.25) is 0 Å². The Morgan fingerprint density at radius 1 is 0.273 bits per heavy atom. The highest BCUT2D eigenvalue weighted by Gasteiger charge is 2.19. The number of rotatable bonds is 61. The molecule has 0 saturated carbocycles. The first kappa shape index (κ1) is 73.8. The highest BCUT2D eigenvalue weighted by molar-refractivity contribution is 5.71. The van der Waals surface area contributed by atoms with Crippen LogP contribution in [0.25, 0.3) is 0 Å². The van der Waals surface area contributed by atoms with Crippen LogP contribution in [0.3, 0.4) is 0 Å². The predicted octanol–water partition coefficient (Wildman–Crippen LogP) is 22.9. The van der Waals surface area contributed by atoms with Crippen molar-refractivity contribution in [2.24, 2.45) is 0 Å². The number of ether oxygens (including phenoxy) is 3. The van der Waals surface area contributed by atoms with Gasteiger partial charge in [0.1, 0.15) is 13.2 Å². The van der Waals surface area contributed by atoms with E-state index in [1.54, 1.807) is 0 Å². The molecule has 446 valence electrons. The molecule has 6 nitrogen and oxygen atoms in total. The molecule has 1 atom stereocenters. The van der Waals surface area contributed by atoms with E-state index in [0.717, 1.165) is 103 Å². The second kappa shape index (κ2) is 65.4. The van der Waals surface area contributed by atoms with E-state index in [1.807, 2.05) is 0 Å². The van der Waals surface area contributed by atoms with Crippen molar-refractivity contribution in [3.8, 4) is 0 Å². The van der Waals surface area contributed by atoms with Gasteiger partial charge in [0.15, 0.2) is 6.10 Å². The number of unbranched alkanes of at least 4 members (excludes halogenated alkanes) is 38. The predicted molar refractivity (Wildman–Crippen MR) is 335 cm³/mol. The summed E-state index contributed by atoms with van der Waals surface area (Å²) in [6.07, 6.45) is 85.5. The molecule has 0 aliphatic heterocycles. The molecule has 0 radical (unpaired) electrons. The van der Waals surface area contributed by atoms with Crippen LogP contribution in [0.1, 0.15) is 342 Å². The lowest BCUT2D eigenvalue weighted by Gasteiger charge is -2.18. The first-order valence-corrected chi connectivity index (χ1v) is 33.4. The Bertz CT molecular complexity index is 1420. The average Bonchev–Trinajstić information content (AvgIpc) is 3.43. The lowest BCUT2D eigenvalue weighted by molar-refractivity contribution is -0.167. The normalized spacial score (nSPS) is 12.5. The van der Waals surface area contributed by atoms with E-state index >= 15 is 0 Å². The second-order valence-electron chi connectivity index (χ2n) is 22.4. The van der Waals surface area contributed by atoms with Gasteiger partial charge in [0.05, 0.1) is 0 Å². The summed E-state index contributed by atoms with van der Waals surface area (Å²) in [4.78, 5) is 37.9. The molecule has 0 fully saturated rings.